The van der Waals surface area contributed by atoms with E-state index in [-0.39, 0.29) is 5.78 Å². The average Bonchev–Trinajstić information content (AvgIpc) is 1.82. The van der Waals surface area contributed by atoms with Gasteiger partial charge in [-0.2, -0.15) is 0 Å². The Kier molecular flexibility index (Phi) is 2.83. The molecule has 62 valence electrons. The molecule has 1 aliphatic rings. The van der Waals surface area contributed by atoms with Crippen molar-refractivity contribution >= 4 is 5.78 Å². The van der Waals surface area contributed by atoms with Crippen molar-refractivity contribution in [2.75, 3.05) is 6.61 Å². The smallest absolute Gasteiger partial charge is 0.152 e. The first kappa shape index (κ1) is 8.47. The summed E-state index contributed by atoms with van der Waals surface area (Å²) in [5.41, 5.74) is 1.23. The minimum atomic E-state index is 0.148. The number of allylic oxidation sites excluding steroid dienone is 1. The zero-order chi connectivity index (χ0) is 8.27. The Labute approximate surface area is 67.2 Å². The predicted molar refractivity (Wildman–Crippen MR) is 43.4 cm³/mol. The minimum Gasteiger partial charge on any atom is -0.378 e. The second kappa shape index (κ2) is 3.67. The van der Waals surface area contributed by atoms with Crippen molar-refractivity contribution < 1.29 is 9.53 Å². The summed E-state index contributed by atoms with van der Waals surface area (Å²) in [6.07, 6.45) is 4.00. The molecule has 0 saturated heterocycles. The van der Waals surface area contributed by atoms with Crippen LogP contribution in [0.3, 0.4) is 0 Å². The van der Waals surface area contributed by atoms with E-state index >= 15 is 0 Å². The Bertz CT molecular complexity index is 174. The van der Waals surface area contributed by atoms with Gasteiger partial charge in [0.2, 0.25) is 0 Å². The van der Waals surface area contributed by atoms with Crippen LogP contribution in [-0.4, -0.2) is 18.5 Å². The van der Waals surface area contributed by atoms with Crippen LogP contribution in [0.5, 0.6) is 0 Å². The lowest BCUT2D eigenvalue weighted by Gasteiger charge is -2.28. The van der Waals surface area contributed by atoms with Crippen LogP contribution in [-0.2, 0) is 9.53 Å². The Hall–Kier alpha value is -0.630. The SMILES string of the molecule is CCOC1CC(=CC(C)=O)C1. The van der Waals surface area contributed by atoms with Crippen molar-refractivity contribution in [3.05, 3.63) is 11.6 Å². The Morgan fingerprint density at radius 3 is 2.82 bits per heavy atom. The standard InChI is InChI=1S/C9H14O2/c1-3-11-9-5-8(6-9)4-7(2)10/h4,9H,3,5-6H2,1-2H3. The van der Waals surface area contributed by atoms with E-state index in [0.29, 0.717) is 6.10 Å². The number of hydrogen-bond donors (Lipinski definition) is 0. The van der Waals surface area contributed by atoms with E-state index in [4.69, 9.17) is 4.74 Å². The maximum absolute atomic E-state index is 10.6. The first-order valence-electron chi connectivity index (χ1n) is 4.04. The fourth-order valence-electron chi connectivity index (χ4n) is 1.28. The van der Waals surface area contributed by atoms with Crippen molar-refractivity contribution in [2.24, 2.45) is 0 Å². The Morgan fingerprint density at radius 2 is 2.36 bits per heavy atom. The molecular weight excluding hydrogens is 140 g/mol. The molecule has 11 heavy (non-hydrogen) atoms. The van der Waals surface area contributed by atoms with Gasteiger partial charge in [-0.25, -0.2) is 0 Å². The van der Waals surface area contributed by atoms with Gasteiger partial charge < -0.3 is 4.74 Å². The number of carbonyl (C=O) groups excluding carboxylic acids is 1. The molecule has 0 amide bonds. The highest BCUT2D eigenvalue weighted by atomic mass is 16.5. The van der Waals surface area contributed by atoms with Gasteiger partial charge in [0, 0.05) is 6.61 Å². The monoisotopic (exact) mass is 154 g/mol. The van der Waals surface area contributed by atoms with E-state index in [1.165, 1.54) is 5.57 Å². The van der Waals surface area contributed by atoms with Crippen LogP contribution in [0.2, 0.25) is 0 Å². The first-order valence-corrected chi connectivity index (χ1v) is 4.04. The molecule has 1 rings (SSSR count). The highest BCUT2D eigenvalue weighted by Gasteiger charge is 2.23. The summed E-state index contributed by atoms with van der Waals surface area (Å²) < 4.78 is 5.34. The fraction of sp³-hybridized carbons (Fsp3) is 0.667. The van der Waals surface area contributed by atoms with Gasteiger partial charge >= 0.3 is 0 Å². The normalized spacial score (nSPS) is 22.7. The highest BCUT2D eigenvalue weighted by molar-refractivity contribution is 5.88. The van der Waals surface area contributed by atoms with Crippen LogP contribution in [0.15, 0.2) is 11.6 Å². The van der Waals surface area contributed by atoms with Gasteiger partial charge in [-0.15, -0.1) is 0 Å². The number of ether oxygens (including phenoxy) is 1. The van der Waals surface area contributed by atoms with Crippen LogP contribution >= 0.6 is 0 Å². The summed E-state index contributed by atoms with van der Waals surface area (Å²) in [5.74, 6) is 0.148. The largest absolute Gasteiger partial charge is 0.378 e. The molecule has 0 N–H and O–H groups in total. The molecule has 0 unspecified atom stereocenters. The van der Waals surface area contributed by atoms with E-state index < -0.39 is 0 Å². The van der Waals surface area contributed by atoms with Crippen molar-refractivity contribution in [1.82, 2.24) is 0 Å². The quantitative estimate of drug-likeness (QED) is 0.578. The van der Waals surface area contributed by atoms with Crippen molar-refractivity contribution in [3.63, 3.8) is 0 Å². The molecular formula is C9H14O2. The second-order valence-electron chi connectivity index (χ2n) is 2.90. The number of rotatable bonds is 3. The van der Waals surface area contributed by atoms with E-state index in [1.54, 1.807) is 13.0 Å². The molecule has 1 aliphatic carbocycles. The molecule has 0 atom stereocenters. The third-order valence-corrected chi connectivity index (χ3v) is 1.79. The summed E-state index contributed by atoms with van der Waals surface area (Å²) in [5, 5.41) is 0. The number of hydrogen-bond acceptors (Lipinski definition) is 2. The fourth-order valence-corrected chi connectivity index (χ4v) is 1.28. The van der Waals surface area contributed by atoms with Crippen molar-refractivity contribution in [3.8, 4) is 0 Å². The third-order valence-electron chi connectivity index (χ3n) is 1.79. The van der Waals surface area contributed by atoms with E-state index in [2.05, 4.69) is 0 Å². The van der Waals surface area contributed by atoms with Crippen molar-refractivity contribution in [2.45, 2.75) is 32.8 Å². The highest BCUT2D eigenvalue weighted by Crippen LogP contribution is 2.28. The van der Waals surface area contributed by atoms with Gasteiger partial charge in [0.25, 0.3) is 0 Å². The number of carbonyl (C=O) groups is 1. The molecule has 2 nitrogen and oxygen atoms in total. The van der Waals surface area contributed by atoms with Gasteiger partial charge in [0.1, 0.15) is 0 Å². The zero-order valence-electron chi connectivity index (χ0n) is 7.09. The van der Waals surface area contributed by atoms with Gasteiger partial charge in [-0.3, -0.25) is 4.79 Å². The summed E-state index contributed by atoms with van der Waals surface area (Å²) in [7, 11) is 0. The van der Waals surface area contributed by atoms with Gasteiger partial charge in [-0.05, 0) is 32.8 Å². The molecule has 0 aromatic rings. The number of ketones is 1. The second-order valence-corrected chi connectivity index (χ2v) is 2.90. The molecule has 0 heterocycles. The lowest BCUT2D eigenvalue weighted by molar-refractivity contribution is -0.112. The Balaban J connectivity index is 2.23. The summed E-state index contributed by atoms with van der Waals surface area (Å²) >= 11 is 0. The van der Waals surface area contributed by atoms with Crippen molar-refractivity contribution in [1.29, 1.82) is 0 Å². The summed E-state index contributed by atoms with van der Waals surface area (Å²) in [4.78, 5) is 10.6. The molecule has 0 aliphatic heterocycles. The molecule has 1 fully saturated rings. The lowest BCUT2D eigenvalue weighted by Crippen LogP contribution is -2.24. The molecule has 0 radical (unpaired) electrons. The summed E-state index contributed by atoms with van der Waals surface area (Å²) in [6, 6.07) is 0. The first-order chi connectivity index (χ1) is 5.22. The topological polar surface area (TPSA) is 26.3 Å². The van der Waals surface area contributed by atoms with Gasteiger partial charge in [-0.1, -0.05) is 5.57 Å². The van der Waals surface area contributed by atoms with Crippen LogP contribution in [0.25, 0.3) is 0 Å². The predicted octanol–water partition coefficient (Wildman–Crippen LogP) is 1.70. The third kappa shape index (κ3) is 2.46. The van der Waals surface area contributed by atoms with E-state index in [0.717, 1.165) is 19.4 Å². The van der Waals surface area contributed by atoms with Gasteiger partial charge in [0.15, 0.2) is 5.78 Å². The molecule has 0 aromatic carbocycles. The molecule has 0 aromatic heterocycles. The molecule has 0 bridgehead atoms. The van der Waals surface area contributed by atoms with Gasteiger partial charge in [0.05, 0.1) is 6.10 Å². The van der Waals surface area contributed by atoms with Crippen LogP contribution in [0.4, 0.5) is 0 Å². The molecule has 2 heteroatoms. The lowest BCUT2D eigenvalue weighted by atomic mass is 9.88. The summed E-state index contributed by atoms with van der Waals surface area (Å²) in [6.45, 7) is 4.35. The Morgan fingerprint density at radius 1 is 1.73 bits per heavy atom. The molecule has 1 saturated carbocycles. The maximum Gasteiger partial charge on any atom is 0.152 e. The maximum atomic E-state index is 10.6. The van der Waals surface area contributed by atoms with E-state index in [9.17, 15) is 4.79 Å². The molecule has 0 spiro atoms. The van der Waals surface area contributed by atoms with E-state index in [1.807, 2.05) is 6.92 Å². The van der Waals surface area contributed by atoms with Crippen LogP contribution in [0.1, 0.15) is 26.7 Å². The van der Waals surface area contributed by atoms with Crippen LogP contribution in [0, 0.1) is 0 Å². The average molecular weight is 154 g/mol. The zero-order valence-corrected chi connectivity index (χ0v) is 7.09. The minimum absolute atomic E-state index is 0.148. The van der Waals surface area contributed by atoms with Crippen LogP contribution < -0.4 is 0 Å².